The molecule has 2 aromatic rings. The molecule has 136 valence electrons. The second-order valence-corrected chi connectivity index (χ2v) is 6.66. The summed E-state index contributed by atoms with van der Waals surface area (Å²) in [6.07, 6.45) is 1.13. The quantitative estimate of drug-likeness (QED) is 0.627. The Labute approximate surface area is 154 Å². The van der Waals surface area contributed by atoms with E-state index < -0.39 is 6.09 Å². The Morgan fingerprint density at radius 2 is 2.31 bits per heavy atom. The van der Waals surface area contributed by atoms with E-state index in [4.69, 9.17) is 9.84 Å². The van der Waals surface area contributed by atoms with Gasteiger partial charge in [0, 0.05) is 6.61 Å². The van der Waals surface area contributed by atoms with E-state index in [1.165, 1.54) is 11.5 Å². The third-order valence-electron chi connectivity index (χ3n) is 3.90. The molecule has 3 rings (SSSR count). The molecule has 1 aliphatic rings. The summed E-state index contributed by atoms with van der Waals surface area (Å²) < 4.78 is 9.55. The van der Waals surface area contributed by atoms with Crippen molar-refractivity contribution < 1.29 is 14.6 Å². The number of carbonyl (C=O) groups is 1. The van der Waals surface area contributed by atoms with Crippen molar-refractivity contribution in [2.24, 2.45) is 0 Å². The van der Waals surface area contributed by atoms with Gasteiger partial charge >= 0.3 is 6.09 Å². The zero-order valence-corrected chi connectivity index (χ0v) is 14.8. The zero-order chi connectivity index (χ0) is 18.5. The second-order valence-electron chi connectivity index (χ2n) is 5.86. The van der Waals surface area contributed by atoms with Gasteiger partial charge < -0.3 is 25.8 Å². The smallest absolute Gasteiger partial charge is 0.405 e. The van der Waals surface area contributed by atoms with Gasteiger partial charge in [-0.3, -0.25) is 0 Å². The molecular formula is C16H18N6O3S. The van der Waals surface area contributed by atoms with Crippen molar-refractivity contribution in [3.05, 3.63) is 29.7 Å². The highest BCUT2D eigenvalue weighted by molar-refractivity contribution is 7.10. The van der Waals surface area contributed by atoms with E-state index in [9.17, 15) is 10.1 Å². The van der Waals surface area contributed by atoms with Crippen molar-refractivity contribution in [1.29, 1.82) is 5.26 Å². The molecule has 0 radical (unpaired) electrons. The third kappa shape index (κ3) is 4.38. The number of ether oxygens (including phenoxy) is 1. The maximum Gasteiger partial charge on any atom is 0.405 e. The summed E-state index contributed by atoms with van der Waals surface area (Å²) in [5.41, 5.74) is 2.42. The number of nitrogens with zero attached hydrogens (tertiary/aromatic N) is 3. The highest BCUT2D eigenvalue weighted by Gasteiger charge is 2.27. The SMILES string of the molecule is Cc1cc(Nc2cc(N[C@@H]3CCOC[C@@H]3NC(=O)O)cnc2C#N)sn1. The maximum absolute atomic E-state index is 11.0. The molecule has 4 N–H and O–H groups in total. The van der Waals surface area contributed by atoms with E-state index in [-0.39, 0.29) is 17.8 Å². The Bertz CT molecular complexity index is 834. The van der Waals surface area contributed by atoms with Gasteiger partial charge in [0.1, 0.15) is 11.1 Å². The van der Waals surface area contributed by atoms with Crippen LogP contribution in [0.4, 0.5) is 21.2 Å². The molecule has 1 aliphatic heterocycles. The van der Waals surface area contributed by atoms with Crippen molar-refractivity contribution in [1.82, 2.24) is 14.7 Å². The van der Waals surface area contributed by atoms with Crippen molar-refractivity contribution in [3.63, 3.8) is 0 Å². The molecule has 0 unspecified atom stereocenters. The Morgan fingerprint density at radius 3 is 3.00 bits per heavy atom. The average Bonchev–Trinajstić information content (AvgIpc) is 3.01. The minimum absolute atomic E-state index is 0.131. The van der Waals surface area contributed by atoms with Gasteiger partial charge in [0.2, 0.25) is 0 Å². The first-order valence-electron chi connectivity index (χ1n) is 7.99. The minimum Gasteiger partial charge on any atom is -0.465 e. The first kappa shape index (κ1) is 17.9. The van der Waals surface area contributed by atoms with E-state index >= 15 is 0 Å². The first-order valence-corrected chi connectivity index (χ1v) is 8.76. The van der Waals surface area contributed by atoms with Crippen LogP contribution in [-0.4, -0.2) is 45.9 Å². The number of nitriles is 1. The van der Waals surface area contributed by atoms with Gasteiger partial charge in [-0.15, -0.1) is 0 Å². The molecule has 0 bridgehead atoms. The normalized spacial score (nSPS) is 19.4. The molecule has 3 heterocycles. The lowest BCUT2D eigenvalue weighted by Crippen LogP contribution is -2.52. The van der Waals surface area contributed by atoms with Crippen LogP contribution in [0.5, 0.6) is 0 Å². The van der Waals surface area contributed by atoms with Crippen LogP contribution in [0.1, 0.15) is 17.8 Å². The Morgan fingerprint density at radius 1 is 1.46 bits per heavy atom. The van der Waals surface area contributed by atoms with Gasteiger partial charge in [0.05, 0.1) is 42.0 Å². The lowest BCUT2D eigenvalue weighted by Gasteiger charge is -2.32. The Hall–Kier alpha value is -2.90. The van der Waals surface area contributed by atoms with E-state index in [0.29, 0.717) is 31.0 Å². The number of nitrogens with one attached hydrogen (secondary N) is 3. The summed E-state index contributed by atoms with van der Waals surface area (Å²) in [4.78, 5) is 15.1. The van der Waals surface area contributed by atoms with Crippen LogP contribution in [0.15, 0.2) is 18.3 Å². The Kier molecular flexibility index (Phi) is 5.50. The molecule has 0 spiro atoms. The fourth-order valence-electron chi connectivity index (χ4n) is 2.71. The van der Waals surface area contributed by atoms with Crippen molar-refractivity contribution in [2.45, 2.75) is 25.4 Å². The number of carboxylic acid groups (broad SMARTS) is 1. The molecule has 1 saturated heterocycles. The molecule has 0 aliphatic carbocycles. The first-order chi connectivity index (χ1) is 12.5. The Balaban J connectivity index is 1.78. The lowest BCUT2D eigenvalue weighted by molar-refractivity contribution is 0.0626. The zero-order valence-electron chi connectivity index (χ0n) is 14.0. The summed E-state index contributed by atoms with van der Waals surface area (Å²) in [6.45, 7) is 2.74. The predicted molar refractivity (Wildman–Crippen MR) is 96.9 cm³/mol. The molecule has 2 atom stereocenters. The predicted octanol–water partition coefficient (Wildman–Crippen LogP) is 2.30. The monoisotopic (exact) mass is 374 g/mol. The third-order valence-corrected chi connectivity index (χ3v) is 4.69. The molecule has 0 aromatic carbocycles. The molecule has 1 amide bonds. The van der Waals surface area contributed by atoms with Gasteiger partial charge in [-0.25, -0.2) is 9.78 Å². The van der Waals surface area contributed by atoms with Gasteiger partial charge in [-0.1, -0.05) is 0 Å². The van der Waals surface area contributed by atoms with Gasteiger partial charge in [-0.2, -0.15) is 9.64 Å². The van der Waals surface area contributed by atoms with E-state index in [1.807, 2.05) is 13.0 Å². The largest absolute Gasteiger partial charge is 0.465 e. The van der Waals surface area contributed by atoms with E-state index in [1.54, 1.807) is 12.3 Å². The van der Waals surface area contributed by atoms with Crippen molar-refractivity contribution in [3.8, 4) is 6.07 Å². The molecule has 26 heavy (non-hydrogen) atoms. The number of aromatic nitrogens is 2. The van der Waals surface area contributed by atoms with Crippen molar-refractivity contribution >= 4 is 34.0 Å². The molecule has 1 fully saturated rings. The fraction of sp³-hybridized carbons (Fsp3) is 0.375. The van der Waals surface area contributed by atoms with E-state index in [0.717, 1.165) is 10.7 Å². The van der Waals surface area contributed by atoms with Gasteiger partial charge in [0.15, 0.2) is 5.69 Å². The van der Waals surface area contributed by atoms with Crippen LogP contribution in [0.2, 0.25) is 0 Å². The molecule has 9 nitrogen and oxygen atoms in total. The number of amides is 1. The number of aryl methyl sites for hydroxylation is 1. The van der Waals surface area contributed by atoms with Crippen LogP contribution in [0, 0.1) is 18.3 Å². The van der Waals surface area contributed by atoms with Gasteiger partial charge in [0.25, 0.3) is 0 Å². The molecule has 10 heteroatoms. The number of pyridine rings is 1. The minimum atomic E-state index is -1.09. The summed E-state index contributed by atoms with van der Waals surface area (Å²) >= 11 is 1.30. The maximum atomic E-state index is 11.0. The summed E-state index contributed by atoms with van der Waals surface area (Å²) in [7, 11) is 0. The average molecular weight is 374 g/mol. The number of hydrogen-bond donors (Lipinski definition) is 4. The summed E-state index contributed by atoms with van der Waals surface area (Å²) in [5, 5.41) is 28.0. The van der Waals surface area contributed by atoms with Crippen molar-refractivity contribution in [2.75, 3.05) is 23.8 Å². The second kappa shape index (κ2) is 7.99. The van der Waals surface area contributed by atoms with Crippen LogP contribution in [0.3, 0.4) is 0 Å². The van der Waals surface area contributed by atoms with Crippen LogP contribution >= 0.6 is 11.5 Å². The summed E-state index contributed by atoms with van der Waals surface area (Å²) in [6, 6.07) is 5.24. The highest BCUT2D eigenvalue weighted by Crippen LogP contribution is 2.26. The van der Waals surface area contributed by atoms with Crippen LogP contribution in [0.25, 0.3) is 0 Å². The molecular weight excluding hydrogens is 356 g/mol. The topological polar surface area (TPSA) is 132 Å². The number of hydrogen-bond acceptors (Lipinski definition) is 8. The van der Waals surface area contributed by atoms with E-state index in [2.05, 4.69) is 31.4 Å². The summed E-state index contributed by atoms with van der Waals surface area (Å²) in [5.74, 6) is 0. The van der Waals surface area contributed by atoms with Gasteiger partial charge in [-0.05, 0) is 37.0 Å². The highest BCUT2D eigenvalue weighted by atomic mass is 32.1. The standard InChI is InChI=1S/C16H18N6O3S/c1-9-4-15(26-22-9)20-12-5-10(7-18-13(12)6-17)19-11-2-3-25-8-14(11)21-16(23)24/h4-5,7,11,14,19-21H,2-3,8H2,1H3,(H,23,24)/t11-,14+/m1/s1. The fourth-order valence-corrected chi connectivity index (χ4v) is 3.38. The molecule has 0 saturated carbocycles. The number of rotatable bonds is 5. The van der Waals surface area contributed by atoms with Crippen LogP contribution in [-0.2, 0) is 4.74 Å². The van der Waals surface area contributed by atoms with Crippen LogP contribution < -0.4 is 16.0 Å². The number of anilines is 3. The molecule has 2 aromatic heterocycles. The lowest BCUT2D eigenvalue weighted by atomic mass is 10.0.